The van der Waals surface area contributed by atoms with E-state index in [1.165, 1.54) is 23.8 Å². The Bertz CT molecular complexity index is 706. The number of phenols is 1. The molecule has 0 bridgehead atoms. The predicted molar refractivity (Wildman–Crippen MR) is 89.8 cm³/mol. The summed E-state index contributed by atoms with van der Waals surface area (Å²) in [5.74, 6) is 1.53. The molecule has 2 aromatic rings. The second-order valence-corrected chi connectivity index (χ2v) is 6.78. The Morgan fingerprint density at radius 2 is 2.13 bits per heavy atom. The maximum atomic E-state index is 10.5. The van der Waals surface area contributed by atoms with E-state index in [2.05, 4.69) is 11.8 Å². The number of hydrogen-bond donors (Lipinski definition) is 1. The average molecular weight is 315 g/mol. The smallest absolute Gasteiger partial charge is 0.135 e. The van der Waals surface area contributed by atoms with Crippen molar-refractivity contribution in [1.29, 1.82) is 0 Å². The molecule has 124 valence electrons. The Hall–Kier alpha value is -1.52. The molecule has 1 atom stereocenters. The molecule has 1 fully saturated rings. The summed E-state index contributed by atoms with van der Waals surface area (Å²) in [6, 6.07) is 3.70. The highest BCUT2D eigenvalue weighted by molar-refractivity contribution is 5.88. The van der Waals surface area contributed by atoms with Crippen LogP contribution in [0.3, 0.4) is 0 Å². The largest absolute Gasteiger partial charge is 0.508 e. The average Bonchev–Trinajstić information content (AvgIpc) is 2.96. The Balaban J connectivity index is 1.71. The summed E-state index contributed by atoms with van der Waals surface area (Å²) >= 11 is 0. The quantitative estimate of drug-likeness (QED) is 0.939. The Morgan fingerprint density at radius 3 is 3.00 bits per heavy atom. The van der Waals surface area contributed by atoms with Crippen LogP contribution in [0.5, 0.6) is 5.75 Å². The van der Waals surface area contributed by atoms with E-state index in [9.17, 15) is 5.11 Å². The fourth-order valence-corrected chi connectivity index (χ4v) is 3.97. The van der Waals surface area contributed by atoms with Crippen LogP contribution in [0.25, 0.3) is 11.0 Å². The summed E-state index contributed by atoms with van der Waals surface area (Å²) in [5, 5.41) is 11.6. The van der Waals surface area contributed by atoms with Crippen molar-refractivity contribution in [1.82, 2.24) is 4.90 Å². The van der Waals surface area contributed by atoms with Gasteiger partial charge in [0.15, 0.2) is 0 Å². The highest BCUT2D eigenvalue weighted by Crippen LogP contribution is 2.38. The second kappa shape index (κ2) is 6.17. The van der Waals surface area contributed by atoms with Crippen LogP contribution in [0, 0.1) is 0 Å². The van der Waals surface area contributed by atoms with Crippen LogP contribution in [-0.2, 0) is 24.1 Å². The van der Waals surface area contributed by atoms with Gasteiger partial charge >= 0.3 is 0 Å². The fraction of sp³-hybridized carbons (Fsp3) is 0.579. The third-order valence-electron chi connectivity index (χ3n) is 5.26. The van der Waals surface area contributed by atoms with Crippen molar-refractivity contribution < 1.29 is 14.3 Å². The highest BCUT2D eigenvalue weighted by Gasteiger charge is 2.25. The fourth-order valence-electron chi connectivity index (χ4n) is 3.97. The number of furan rings is 1. The first kappa shape index (κ1) is 15.0. The molecule has 1 aliphatic heterocycles. The number of aryl methyl sites for hydroxylation is 2. The maximum absolute atomic E-state index is 10.5. The first-order chi connectivity index (χ1) is 11.3. The van der Waals surface area contributed by atoms with E-state index in [1.54, 1.807) is 6.07 Å². The SMILES string of the molecule is CC[C@H]1CN(Cc2c(O)ccc3oc4c(c23)CCCC4)CCO1. The van der Waals surface area contributed by atoms with Gasteiger partial charge in [0.1, 0.15) is 17.1 Å². The standard InChI is InChI=1S/C19H25NO3/c1-2-13-11-20(9-10-22-13)12-15-16(21)7-8-18-19(15)14-5-3-4-6-17(14)23-18/h7-8,13,21H,2-6,9-12H2,1H3/t13-/m0/s1. The summed E-state index contributed by atoms with van der Waals surface area (Å²) in [5.41, 5.74) is 3.30. The van der Waals surface area contributed by atoms with Crippen molar-refractivity contribution in [2.75, 3.05) is 19.7 Å². The molecule has 0 spiro atoms. The number of fused-ring (bicyclic) bond motifs is 3. The van der Waals surface area contributed by atoms with E-state index < -0.39 is 0 Å². The zero-order valence-electron chi connectivity index (χ0n) is 13.8. The lowest BCUT2D eigenvalue weighted by Crippen LogP contribution is -2.41. The first-order valence-corrected chi connectivity index (χ1v) is 8.85. The molecule has 4 nitrogen and oxygen atoms in total. The summed E-state index contributed by atoms with van der Waals surface area (Å²) < 4.78 is 11.8. The molecule has 1 aromatic heterocycles. The Labute approximate surface area is 137 Å². The lowest BCUT2D eigenvalue weighted by atomic mass is 9.93. The van der Waals surface area contributed by atoms with Crippen molar-refractivity contribution in [3.63, 3.8) is 0 Å². The molecule has 0 amide bonds. The number of rotatable bonds is 3. The third-order valence-corrected chi connectivity index (χ3v) is 5.26. The third kappa shape index (κ3) is 2.74. The van der Waals surface area contributed by atoms with Gasteiger partial charge in [0.05, 0.1) is 12.7 Å². The zero-order chi connectivity index (χ0) is 15.8. The highest BCUT2D eigenvalue weighted by atomic mass is 16.5. The summed E-state index contributed by atoms with van der Waals surface area (Å²) in [6.45, 7) is 5.57. The minimum atomic E-state index is 0.309. The lowest BCUT2D eigenvalue weighted by Gasteiger charge is -2.32. The van der Waals surface area contributed by atoms with E-state index >= 15 is 0 Å². The molecule has 1 N–H and O–H groups in total. The van der Waals surface area contributed by atoms with E-state index in [1.807, 2.05) is 6.07 Å². The number of morpholine rings is 1. The minimum absolute atomic E-state index is 0.309. The van der Waals surface area contributed by atoms with Crippen LogP contribution >= 0.6 is 0 Å². The van der Waals surface area contributed by atoms with Gasteiger partial charge in [-0.05, 0) is 37.8 Å². The summed E-state index contributed by atoms with van der Waals surface area (Å²) in [7, 11) is 0. The molecule has 2 aliphatic rings. The van der Waals surface area contributed by atoms with Gasteiger partial charge in [0.25, 0.3) is 0 Å². The van der Waals surface area contributed by atoms with Crippen LogP contribution < -0.4 is 0 Å². The molecule has 23 heavy (non-hydrogen) atoms. The van der Waals surface area contributed by atoms with E-state index in [-0.39, 0.29) is 0 Å². The van der Waals surface area contributed by atoms with E-state index in [4.69, 9.17) is 9.15 Å². The van der Waals surface area contributed by atoms with Gasteiger partial charge in [-0.3, -0.25) is 4.90 Å². The molecule has 4 rings (SSSR count). The minimum Gasteiger partial charge on any atom is -0.508 e. The van der Waals surface area contributed by atoms with Gasteiger partial charge in [-0.2, -0.15) is 0 Å². The van der Waals surface area contributed by atoms with Crippen molar-refractivity contribution in [2.45, 2.75) is 51.7 Å². The first-order valence-electron chi connectivity index (χ1n) is 8.85. The molecule has 0 radical (unpaired) electrons. The van der Waals surface area contributed by atoms with Crippen LogP contribution in [0.15, 0.2) is 16.5 Å². The van der Waals surface area contributed by atoms with Gasteiger partial charge < -0.3 is 14.3 Å². The number of hydrogen-bond acceptors (Lipinski definition) is 4. The van der Waals surface area contributed by atoms with Gasteiger partial charge in [-0.25, -0.2) is 0 Å². The predicted octanol–water partition coefficient (Wildman–Crippen LogP) is 3.63. The van der Waals surface area contributed by atoms with Crippen molar-refractivity contribution in [3.8, 4) is 5.75 Å². The lowest BCUT2D eigenvalue weighted by molar-refractivity contribution is -0.0325. The molecule has 1 aromatic carbocycles. The number of nitrogens with zero attached hydrogens (tertiary/aromatic N) is 1. The molecular formula is C19H25NO3. The number of phenolic OH excluding ortho intramolecular Hbond substituents is 1. The van der Waals surface area contributed by atoms with E-state index in [0.717, 1.165) is 62.4 Å². The summed E-state index contributed by atoms with van der Waals surface area (Å²) in [6.07, 6.45) is 5.86. The molecular weight excluding hydrogens is 290 g/mol. The molecule has 0 saturated carbocycles. The second-order valence-electron chi connectivity index (χ2n) is 6.78. The molecule has 0 unspecified atom stereocenters. The topological polar surface area (TPSA) is 45.8 Å². The van der Waals surface area contributed by atoms with Gasteiger partial charge in [0, 0.05) is 42.6 Å². The normalized spacial score (nSPS) is 22.4. The Morgan fingerprint density at radius 1 is 1.26 bits per heavy atom. The molecule has 2 heterocycles. The van der Waals surface area contributed by atoms with Crippen LogP contribution in [0.2, 0.25) is 0 Å². The monoisotopic (exact) mass is 315 g/mol. The summed E-state index contributed by atoms with van der Waals surface area (Å²) in [4.78, 5) is 2.40. The number of ether oxygens (including phenoxy) is 1. The Kier molecular flexibility index (Phi) is 4.04. The molecule has 4 heteroatoms. The number of aromatic hydroxyl groups is 1. The van der Waals surface area contributed by atoms with Crippen molar-refractivity contribution >= 4 is 11.0 Å². The maximum Gasteiger partial charge on any atom is 0.135 e. The van der Waals surface area contributed by atoms with Crippen LogP contribution in [0.1, 0.15) is 43.1 Å². The van der Waals surface area contributed by atoms with Crippen LogP contribution in [-0.4, -0.2) is 35.8 Å². The van der Waals surface area contributed by atoms with Crippen molar-refractivity contribution in [2.24, 2.45) is 0 Å². The zero-order valence-corrected chi connectivity index (χ0v) is 13.8. The van der Waals surface area contributed by atoms with Gasteiger partial charge in [0.2, 0.25) is 0 Å². The van der Waals surface area contributed by atoms with Crippen molar-refractivity contribution in [3.05, 3.63) is 29.0 Å². The number of benzene rings is 1. The van der Waals surface area contributed by atoms with Gasteiger partial charge in [-0.1, -0.05) is 6.92 Å². The molecule has 1 aliphatic carbocycles. The molecule has 1 saturated heterocycles. The van der Waals surface area contributed by atoms with Crippen LogP contribution in [0.4, 0.5) is 0 Å². The van der Waals surface area contributed by atoms with Gasteiger partial charge in [-0.15, -0.1) is 0 Å². The van der Waals surface area contributed by atoms with E-state index in [0.29, 0.717) is 11.9 Å².